The van der Waals surface area contributed by atoms with Crippen molar-refractivity contribution in [2.24, 2.45) is 11.3 Å². The van der Waals surface area contributed by atoms with Gasteiger partial charge in [0, 0.05) is 19.6 Å². The number of rotatable bonds is 6. The topological polar surface area (TPSA) is 93.4 Å². The highest BCUT2D eigenvalue weighted by Gasteiger charge is 2.44. The molecule has 1 saturated carbocycles. The Bertz CT molecular complexity index is 385. The third-order valence-corrected chi connectivity index (χ3v) is 3.73. The number of nitriles is 1. The van der Waals surface area contributed by atoms with Gasteiger partial charge in [-0.05, 0) is 26.7 Å². The molecule has 1 aliphatic carbocycles. The first-order chi connectivity index (χ1) is 8.95. The molecule has 19 heavy (non-hydrogen) atoms. The normalized spacial score (nSPS) is 17.7. The zero-order valence-corrected chi connectivity index (χ0v) is 11.5. The summed E-state index contributed by atoms with van der Waals surface area (Å²) in [5.74, 6) is -1.07. The molecule has 6 nitrogen and oxygen atoms in total. The Kier molecular flexibility index (Phi) is 5.16. The van der Waals surface area contributed by atoms with E-state index >= 15 is 0 Å². The van der Waals surface area contributed by atoms with Crippen molar-refractivity contribution in [3.8, 4) is 6.07 Å². The molecule has 1 atom stereocenters. The fraction of sp³-hybridized carbons (Fsp3) is 0.769. The monoisotopic (exact) mass is 267 g/mol. The van der Waals surface area contributed by atoms with Gasteiger partial charge in [-0.15, -0.1) is 0 Å². The summed E-state index contributed by atoms with van der Waals surface area (Å²) in [6.45, 7) is 4.61. The summed E-state index contributed by atoms with van der Waals surface area (Å²) in [5.41, 5.74) is -0.782. The van der Waals surface area contributed by atoms with Gasteiger partial charge in [-0.25, -0.2) is 4.79 Å². The average Bonchev–Trinajstić information content (AvgIpc) is 2.33. The third-order valence-electron chi connectivity index (χ3n) is 3.73. The molecular weight excluding hydrogens is 246 g/mol. The van der Waals surface area contributed by atoms with E-state index in [1.807, 2.05) is 6.92 Å². The predicted octanol–water partition coefficient (Wildman–Crippen LogP) is 1.43. The summed E-state index contributed by atoms with van der Waals surface area (Å²) in [5, 5.41) is 20.6. The number of carbonyl (C=O) groups is 2. The standard InChI is InChI=1S/C13H21N3O3/c1-3-16(8-10(2)7-14)12(19)15-9-13(11(17)18)5-4-6-13/h10H,3-6,8-9H2,1-2H3,(H,15,19)(H,17,18). The van der Waals surface area contributed by atoms with Gasteiger partial charge < -0.3 is 15.3 Å². The van der Waals surface area contributed by atoms with Crippen LogP contribution in [0.4, 0.5) is 4.79 Å². The number of nitrogens with one attached hydrogen (secondary N) is 1. The summed E-state index contributed by atoms with van der Waals surface area (Å²) in [6.07, 6.45) is 2.12. The third kappa shape index (κ3) is 3.60. The maximum atomic E-state index is 11.9. The molecule has 1 unspecified atom stereocenters. The quantitative estimate of drug-likeness (QED) is 0.761. The molecule has 0 bridgehead atoms. The van der Waals surface area contributed by atoms with Crippen molar-refractivity contribution < 1.29 is 14.7 Å². The Morgan fingerprint density at radius 1 is 1.53 bits per heavy atom. The van der Waals surface area contributed by atoms with Crippen LogP contribution in [0.15, 0.2) is 0 Å². The van der Waals surface area contributed by atoms with Crippen LogP contribution in [-0.4, -0.2) is 41.6 Å². The lowest BCUT2D eigenvalue weighted by Crippen LogP contribution is -2.51. The van der Waals surface area contributed by atoms with E-state index in [0.29, 0.717) is 25.9 Å². The minimum Gasteiger partial charge on any atom is -0.481 e. The van der Waals surface area contributed by atoms with Gasteiger partial charge in [0.05, 0.1) is 17.4 Å². The number of aliphatic carboxylic acids is 1. The van der Waals surface area contributed by atoms with Gasteiger partial charge in [-0.1, -0.05) is 6.42 Å². The molecule has 0 aromatic carbocycles. The molecular formula is C13H21N3O3. The first-order valence-electron chi connectivity index (χ1n) is 6.61. The number of urea groups is 1. The molecule has 2 amide bonds. The SMILES string of the molecule is CCN(CC(C)C#N)C(=O)NCC1(C(=O)O)CCC1. The van der Waals surface area contributed by atoms with Crippen molar-refractivity contribution >= 4 is 12.0 Å². The number of hydrogen-bond donors (Lipinski definition) is 2. The average molecular weight is 267 g/mol. The van der Waals surface area contributed by atoms with E-state index in [0.717, 1.165) is 6.42 Å². The van der Waals surface area contributed by atoms with Gasteiger partial charge >= 0.3 is 12.0 Å². The highest BCUT2D eigenvalue weighted by molar-refractivity contribution is 5.78. The Hall–Kier alpha value is -1.77. The summed E-state index contributed by atoms with van der Waals surface area (Å²) >= 11 is 0. The van der Waals surface area contributed by atoms with Crippen LogP contribution >= 0.6 is 0 Å². The molecule has 0 heterocycles. The molecule has 1 fully saturated rings. The second-order valence-corrected chi connectivity index (χ2v) is 5.17. The minimum atomic E-state index is -0.840. The Morgan fingerprint density at radius 2 is 2.16 bits per heavy atom. The van der Waals surface area contributed by atoms with Gasteiger partial charge in [0.15, 0.2) is 0 Å². The van der Waals surface area contributed by atoms with Gasteiger partial charge in [0.1, 0.15) is 0 Å². The van der Waals surface area contributed by atoms with Crippen LogP contribution in [-0.2, 0) is 4.79 Å². The van der Waals surface area contributed by atoms with Crippen LogP contribution in [0.5, 0.6) is 0 Å². The second kappa shape index (κ2) is 6.41. The summed E-state index contributed by atoms with van der Waals surface area (Å²) < 4.78 is 0. The van der Waals surface area contributed by atoms with Crippen molar-refractivity contribution in [2.75, 3.05) is 19.6 Å². The molecule has 1 aliphatic rings. The van der Waals surface area contributed by atoms with E-state index in [9.17, 15) is 9.59 Å². The lowest BCUT2D eigenvalue weighted by atomic mass is 9.69. The van der Waals surface area contributed by atoms with Gasteiger partial charge in [-0.3, -0.25) is 4.79 Å². The van der Waals surface area contributed by atoms with Crippen molar-refractivity contribution in [1.29, 1.82) is 5.26 Å². The zero-order chi connectivity index (χ0) is 14.5. The highest BCUT2D eigenvalue weighted by atomic mass is 16.4. The van der Waals surface area contributed by atoms with Crippen LogP contribution in [0.1, 0.15) is 33.1 Å². The lowest BCUT2D eigenvalue weighted by Gasteiger charge is -2.38. The maximum absolute atomic E-state index is 11.9. The Balaban J connectivity index is 2.49. The second-order valence-electron chi connectivity index (χ2n) is 5.17. The summed E-state index contributed by atoms with van der Waals surface area (Å²) in [6, 6.07) is 1.79. The molecule has 0 saturated heterocycles. The number of carboxylic acids is 1. The van der Waals surface area contributed by atoms with E-state index in [2.05, 4.69) is 11.4 Å². The molecule has 0 aromatic heterocycles. The lowest BCUT2D eigenvalue weighted by molar-refractivity contribution is -0.153. The zero-order valence-electron chi connectivity index (χ0n) is 11.5. The van der Waals surface area contributed by atoms with E-state index < -0.39 is 11.4 Å². The predicted molar refractivity (Wildman–Crippen MR) is 69.3 cm³/mol. The van der Waals surface area contributed by atoms with Crippen LogP contribution in [0, 0.1) is 22.7 Å². The van der Waals surface area contributed by atoms with Gasteiger partial charge in [0.25, 0.3) is 0 Å². The fourth-order valence-electron chi connectivity index (χ4n) is 2.15. The molecule has 0 spiro atoms. The van der Waals surface area contributed by atoms with E-state index in [1.54, 1.807) is 6.92 Å². The first-order valence-corrected chi connectivity index (χ1v) is 6.61. The van der Waals surface area contributed by atoms with Crippen molar-refractivity contribution in [1.82, 2.24) is 10.2 Å². The highest BCUT2D eigenvalue weighted by Crippen LogP contribution is 2.40. The van der Waals surface area contributed by atoms with E-state index in [-0.39, 0.29) is 18.5 Å². The minimum absolute atomic E-state index is 0.165. The van der Waals surface area contributed by atoms with E-state index in [1.165, 1.54) is 4.90 Å². The van der Waals surface area contributed by atoms with Gasteiger partial charge in [0.2, 0.25) is 0 Å². The van der Waals surface area contributed by atoms with Crippen molar-refractivity contribution in [2.45, 2.75) is 33.1 Å². The van der Waals surface area contributed by atoms with Crippen molar-refractivity contribution in [3.63, 3.8) is 0 Å². The Labute approximate surface area is 113 Å². The number of carboxylic acid groups (broad SMARTS) is 1. The molecule has 0 aromatic rings. The first kappa shape index (κ1) is 15.3. The van der Waals surface area contributed by atoms with E-state index in [4.69, 9.17) is 10.4 Å². The molecule has 2 N–H and O–H groups in total. The Morgan fingerprint density at radius 3 is 2.53 bits per heavy atom. The molecule has 1 rings (SSSR count). The van der Waals surface area contributed by atoms with Crippen LogP contribution in [0.2, 0.25) is 0 Å². The summed E-state index contributed by atoms with van der Waals surface area (Å²) in [7, 11) is 0. The smallest absolute Gasteiger partial charge is 0.317 e. The van der Waals surface area contributed by atoms with Crippen molar-refractivity contribution in [3.05, 3.63) is 0 Å². The number of nitrogens with zero attached hydrogens (tertiary/aromatic N) is 2. The number of carbonyl (C=O) groups excluding carboxylic acids is 1. The fourth-order valence-corrected chi connectivity index (χ4v) is 2.15. The molecule has 106 valence electrons. The van der Waals surface area contributed by atoms with Crippen LogP contribution < -0.4 is 5.32 Å². The number of hydrogen-bond acceptors (Lipinski definition) is 3. The summed E-state index contributed by atoms with van der Waals surface area (Å²) in [4.78, 5) is 24.6. The molecule has 0 aliphatic heterocycles. The van der Waals surface area contributed by atoms with Gasteiger partial charge in [-0.2, -0.15) is 5.26 Å². The van der Waals surface area contributed by atoms with Crippen LogP contribution in [0.25, 0.3) is 0 Å². The maximum Gasteiger partial charge on any atom is 0.317 e. The molecule has 0 radical (unpaired) electrons. The van der Waals surface area contributed by atoms with Crippen LogP contribution in [0.3, 0.4) is 0 Å². The molecule has 6 heteroatoms. The number of amides is 2. The largest absolute Gasteiger partial charge is 0.481 e.